The summed E-state index contributed by atoms with van der Waals surface area (Å²) in [6.07, 6.45) is -1.38. The van der Waals surface area contributed by atoms with Gasteiger partial charge < -0.3 is 24.8 Å². The largest absolute Gasteiger partial charge is 0.458 e. The molecule has 8 nitrogen and oxygen atoms in total. The predicted molar refractivity (Wildman–Crippen MR) is 122 cm³/mol. The maximum Gasteiger partial charge on any atom is 0.408 e. The topological polar surface area (TPSA) is 103 Å². The summed E-state index contributed by atoms with van der Waals surface area (Å²) in [4.78, 5) is 37.9. The smallest absolute Gasteiger partial charge is 0.408 e. The fraction of sp³-hybridized carbons (Fsp3) is 0.625. The summed E-state index contributed by atoms with van der Waals surface area (Å²) in [5.41, 5.74) is -1.47. The molecule has 0 aliphatic heterocycles. The molecule has 0 saturated carbocycles. The van der Waals surface area contributed by atoms with Crippen LogP contribution in [0.15, 0.2) is 30.3 Å². The molecule has 0 spiro atoms. The van der Waals surface area contributed by atoms with Crippen molar-refractivity contribution < 1.29 is 28.6 Å². The van der Waals surface area contributed by atoms with Crippen molar-refractivity contribution in [3.63, 3.8) is 0 Å². The third-order valence-corrected chi connectivity index (χ3v) is 3.83. The summed E-state index contributed by atoms with van der Waals surface area (Å²) in [5, 5.41) is 5.34. The Hall–Kier alpha value is -2.77. The van der Waals surface area contributed by atoms with Gasteiger partial charge in [0.1, 0.15) is 22.8 Å². The number of hydrogen-bond donors (Lipinski definition) is 2. The van der Waals surface area contributed by atoms with E-state index in [2.05, 4.69) is 10.6 Å². The number of benzene rings is 1. The second-order valence-corrected chi connectivity index (χ2v) is 10.6. The fourth-order valence-corrected chi connectivity index (χ4v) is 2.76. The van der Waals surface area contributed by atoms with E-state index in [0.29, 0.717) is 0 Å². The molecule has 0 aromatic heterocycles. The van der Waals surface area contributed by atoms with Crippen molar-refractivity contribution in [2.75, 3.05) is 6.54 Å². The Morgan fingerprint density at radius 1 is 0.750 bits per heavy atom. The third-order valence-electron chi connectivity index (χ3n) is 3.83. The predicted octanol–water partition coefficient (Wildman–Crippen LogP) is 4.53. The Labute approximate surface area is 191 Å². The Morgan fingerprint density at radius 2 is 1.22 bits per heavy atom. The molecule has 32 heavy (non-hydrogen) atoms. The lowest BCUT2D eigenvalue weighted by Gasteiger charge is -2.31. The van der Waals surface area contributed by atoms with Crippen LogP contribution in [0.25, 0.3) is 0 Å². The zero-order chi connectivity index (χ0) is 24.7. The van der Waals surface area contributed by atoms with Gasteiger partial charge in [0.2, 0.25) is 0 Å². The molecule has 180 valence electrons. The first-order valence-electron chi connectivity index (χ1n) is 10.7. The minimum absolute atomic E-state index is 0.0264. The molecule has 0 fully saturated rings. The van der Waals surface area contributed by atoms with Gasteiger partial charge in [-0.15, -0.1) is 0 Å². The van der Waals surface area contributed by atoms with E-state index in [9.17, 15) is 14.4 Å². The SMILES string of the molecule is CC(C)(C)OC(=O)NC[C@@H](c1ccccc1)[C@@H](NC(=O)OC(C)(C)C)C(=O)OC(C)(C)C. The molecular formula is C24H38N2O6. The molecule has 2 amide bonds. The van der Waals surface area contributed by atoms with Crippen LogP contribution in [0.2, 0.25) is 0 Å². The van der Waals surface area contributed by atoms with Gasteiger partial charge in [-0.1, -0.05) is 30.3 Å². The van der Waals surface area contributed by atoms with Crippen molar-refractivity contribution in [2.45, 2.75) is 91.1 Å². The number of nitrogens with one attached hydrogen (secondary N) is 2. The Balaban J connectivity index is 3.24. The summed E-state index contributed by atoms with van der Waals surface area (Å²) in [7, 11) is 0. The number of rotatable bonds is 6. The molecule has 1 aromatic carbocycles. The molecule has 0 aliphatic carbocycles. The van der Waals surface area contributed by atoms with Crippen molar-refractivity contribution in [3.8, 4) is 0 Å². The molecule has 0 unspecified atom stereocenters. The van der Waals surface area contributed by atoms with Gasteiger partial charge in [-0.3, -0.25) is 0 Å². The van der Waals surface area contributed by atoms with E-state index >= 15 is 0 Å². The van der Waals surface area contributed by atoms with E-state index < -0.39 is 46.9 Å². The summed E-state index contributed by atoms with van der Waals surface area (Å²) in [5.74, 6) is -1.27. The fourth-order valence-electron chi connectivity index (χ4n) is 2.76. The minimum atomic E-state index is -1.11. The summed E-state index contributed by atoms with van der Waals surface area (Å²) >= 11 is 0. The van der Waals surface area contributed by atoms with E-state index in [-0.39, 0.29) is 6.54 Å². The van der Waals surface area contributed by atoms with Gasteiger partial charge in [0.05, 0.1) is 0 Å². The molecule has 2 N–H and O–H groups in total. The monoisotopic (exact) mass is 450 g/mol. The molecule has 1 aromatic rings. The maximum atomic E-state index is 13.1. The molecule has 0 aliphatic rings. The lowest BCUT2D eigenvalue weighted by atomic mass is 9.91. The average molecular weight is 451 g/mol. The van der Waals surface area contributed by atoms with Crippen LogP contribution >= 0.6 is 0 Å². The summed E-state index contributed by atoms with van der Waals surface area (Å²) in [6, 6.07) is 7.99. The lowest BCUT2D eigenvalue weighted by Crippen LogP contribution is -2.51. The lowest BCUT2D eigenvalue weighted by molar-refractivity contribution is -0.158. The number of hydrogen-bond acceptors (Lipinski definition) is 6. The van der Waals surface area contributed by atoms with Crippen LogP contribution < -0.4 is 10.6 Å². The molecule has 2 atom stereocenters. The van der Waals surface area contributed by atoms with Crippen LogP contribution in [0, 0.1) is 0 Å². The Bertz CT molecular complexity index is 772. The molecular weight excluding hydrogens is 412 g/mol. The first-order chi connectivity index (χ1) is 14.5. The van der Waals surface area contributed by atoms with Crippen molar-refractivity contribution in [1.29, 1.82) is 0 Å². The van der Waals surface area contributed by atoms with Crippen LogP contribution in [0.4, 0.5) is 9.59 Å². The van der Waals surface area contributed by atoms with Crippen LogP contribution in [0.3, 0.4) is 0 Å². The standard InChI is InChI=1S/C24H38N2O6/c1-22(2,3)30-19(27)18(26-21(29)32-24(7,8)9)17(16-13-11-10-12-14-16)15-25-20(28)31-23(4,5)6/h10-14,17-18H,15H2,1-9H3,(H,25,28)(H,26,29)/t17-,18+/m0/s1. The Morgan fingerprint density at radius 3 is 1.69 bits per heavy atom. The maximum absolute atomic E-state index is 13.1. The zero-order valence-corrected chi connectivity index (χ0v) is 20.7. The van der Waals surface area contributed by atoms with Gasteiger partial charge in [-0.05, 0) is 67.9 Å². The molecule has 0 radical (unpaired) electrons. The van der Waals surface area contributed by atoms with E-state index in [4.69, 9.17) is 14.2 Å². The van der Waals surface area contributed by atoms with Crippen LogP contribution in [0.5, 0.6) is 0 Å². The highest BCUT2D eigenvalue weighted by atomic mass is 16.6. The van der Waals surface area contributed by atoms with Gasteiger partial charge >= 0.3 is 18.2 Å². The van der Waals surface area contributed by atoms with Crippen LogP contribution in [-0.4, -0.2) is 47.5 Å². The first-order valence-corrected chi connectivity index (χ1v) is 10.7. The van der Waals surface area contributed by atoms with Gasteiger partial charge in [0.25, 0.3) is 0 Å². The Kier molecular flexibility index (Phi) is 9.12. The highest BCUT2D eigenvalue weighted by molar-refractivity contribution is 5.83. The number of carbonyl (C=O) groups is 3. The van der Waals surface area contributed by atoms with Crippen molar-refractivity contribution >= 4 is 18.2 Å². The highest BCUT2D eigenvalue weighted by Gasteiger charge is 2.36. The zero-order valence-electron chi connectivity index (χ0n) is 20.7. The van der Waals surface area contributed by atoms with Crippen LogP contribution in [-0.2, 0) is 19.0 Å². The highest BCUT2D eigenvalue weighted by Crippen LogP contribution is 2.23. The summed E-state index contributed by atoms with van der Waals surface area (Å²) < 4.78 is 16.2. The second-order valence-electron chi connectivity index (χ2n) is 10.6. The van der Waals surface area contributed by atoms with E-state index in [1.807, 2.05) is 30.3 Å². The number of amides is 2. The van der Waals surface area contributed by atoms with E-state index in [1.165, 1.54) is 0 Å². The number of alkyl carbamates (subject to hydrolysis) is 2. The van der Waals surface area contributed by atoms with Crippen molar-refractivity contribution in [2.24, 2.45) is 0 Å². The number of carbonyl (C=O) groups excluding carboxylic acids is 3. The third kappa shape index (κ3) is 11.0. The normalized spacial score (nSPS) is 14.0. The van der Waals surface area contributed by atoms with Crippen molar-refractivity contribution in [3.05, 3.63) is 35.9 Å². The van der Waals surface area contributed by atoms with E-state index in [0.717, 1.165) is 5.56 Å². The van der Waals surface area contributed by atoms with E-state index in [1.54, 1.807) is 62.3 Å². The van der Waals surface area contributed by atoms with Crippen molar-refractivity contribution in [1.82, 2.24) is 10.6 Å². The van der Waals surface area contributed by atoms with Gasteiger partial charge in [0.15, 0.2) is 0 Å². The number of ether oxygens (including phenoxy) is 3. The van der Waals surface area contributed by atoms with Gasteiger partial charge in [-0.25, -0.2) is 14.4 Å². The summed E-state index contributed by atoms with van der Waals surface area (Å²) in [6.45, 7) is 15.7. The van der Waals surface area contributed by atoms with Gasteiger partial charge in [-0.2, -0.15) is 0 Å². The second kappa shape index (κ2) is 10.7. The molecule has 0 bridgehead atoms. The quantitative estimate of drug-likeness (QED) is 0.488. The van der Waals surface area contributed by atoms with Gasteiger partial charge in [0, 0.05) is 12.5 Å². The minimum Gasteiger partial charge on any atom is -0.458 e. The number of esters is 1. The molecule has 1 rings (SSSR count). The van der Waals surface area contributed by atoms with Crippen LogP contribution in [0.1, 0.15) is 73.8 Å². The molecule has 0 saturated heterocycles. The average Bonchev–Trinajstić information content (AvgIpc) is 2.57. The molecule has 0 heterocycles. The molecule has 8 heteroatoms. The first kappa shape index (κ1) is 27.3.